The van der Waals surface area contributed by atoms with E-state index in [0.29, 0.717) is 6.54 Å². The number of benzene rings is 4. The fourth-order valence-electron chi connectivity index (χ4n) is 6.33. The molecule has 0 unspecified atom stereocenters. The molecule has 6 aromatic rings. The van der Waals surface area contributed by atoms with Gasteiger partial charge in [0.25, 0.3) is 5.82 Å². The maximum absolute atomic E-state index is 12.6. The van der Waals surface area contributed by atoms with E-state index in [1.54, 1.807) is 10.9 Å². The van der Waals surface area contributed by atoms with Gasteiger partial charge in [-0.15, -0.1) is 10.2 Å². The molecule has 2 aromatic heterocycles. The van der Waals surface area contributed by atoms with Gasteiger partial charge in [-0.2, -0.15) is 4.98 Å². The molecule has 0 amide bonds. The fourth-order valence-corrected chi connectivity index (χ4v) is 6.33. The summed E-state index contributed by atoms with van der Waals surface area (Å²) in [4.78, 5) is 52.9. The molecule has 0 aliphatic carbocycles. The van der Waals surface area contributed by atoms with E-state index in [1.165, 1.54) is 37.9 Å². The first-order chi connectivity index (χ1) is 23.6. The summed E-state index contributed by atoms with van der Waals surface area (Å²) in [6.45, 7) is 3.59. The van der Waals surface area contributed by atoms with Crippen LogP contribution in [0.15, 0.2) is 60.8 Å². The van der Waals surface area contributed by atoms with Crippen molar-refractivity contribution in [1.82, 2.24) is 29.8 Å². The minimum absolute atomic E-state index is 0.0268. The van der Waals surface area contributed by atoms with Crippen LogP contribution in [0.2, 0.25) is 0 Å². The third-order valence-electron chi connectivity index (χ3n) is 8.30. The molecule has 15 heteroatoms. The average molecular weight is 667 g/mol. The molecule has 0 saturated carbocycles. The first-order valence-electron chi connectivity index (χ1n) is 15.3. The first-order valence-corrected chi connectivity index (χ1v) is 15.3. The predicted octanol–water partition coefficient (Wildman–Crippen LogP) is 3.59. The topological polar surface area (TPSA) is 176 Å². The molecule has 1 fully saturated rings. The Balaban J connectivity index is 1.27. The van der Waals surface area contributed by atoms with Crippen LogP contribution in [0.5, 0.6) is 0 Å². The van der Waals surface area contributed by atoms with Crippen molar-refractivity contribution in [3.63, 3.8) is 0 Å². The van der Waals surface area contributed by atoms with Gasteiger partial charge >= 0.3 is 23.9 Å². The molecular weight excluding hydrogens is 636 g/mol. The second-order valence-electron chi connectivity index (χ2n) is 11.6. The summed E-state index contributed by atoms with van der Waals surface area (Å²) in [5.74, 6) is -3.17. The maximum Gasteiger partial charge on any atom is 0.377 e. The zero-order valence-electron chi connectivity index (χ0n) is 26.9. The van der Waals surface area contributed by atoms with E-state index in [-0.39, 0.29) is 23.9 Å². The van der Waals surface area contributed by atoms with E-state index < -0.39 is 48.4 Å². The van der Waals surface area contributed by atoms with Crippen molar-refractivity contribution in [2.75, 3.05) is 13.7 Å². The van der Waals surface area contributed by atoms with Gasteiger partial charge in [0.05, 0.1) is 19.9 Å². The molecule has 0 spiro atoms. The monoisotopic (exact) mass is 666 g/mol. The van der Waals surface area contributed by atoms with Gasteiger partial charge in [-0.05, 0) is 37.9 Å². The second-order valence-corrected chi connectivity index (χ2v) is 11.6. The summed E-state index contributed by atoms with van der Waals surface area (Å²) in [7, 11) is 1.18. The van der Waals surface area contributed by atoms with Crippen molar-refractivity contribution >= 4 is 56.2 Å². The number of rotatable bonds is 9. The Kier molecular flexibility index (Phi) is 8.12. The molecule has 0 radical (unpaired) electrons. The third kappa shape index (κ3) is 5.88. The molecule has 1 saturated heterocycles. The number of nitrogens with zero attached hydrogens (tertiary/aromatic N) is 6. The Hall–Kier alpha value is -5.96. The number of carbonyl (C=O) groups is 4. The van der Waals surface area contributed by atoms with Crippen LogP contribution < -0.4 is 0 Å². The zero-order chi connectivity index (χ0) is 34.4. The van der Waals surface area contributed by atoms with Crippen LogP contribution >= 0.6 is 0 Å². The molecule has 4 atom stereocenters. The van der Waals surface area contributed by atoms with Gasteiger partial charge in [0, 0.05) is 20.8 Å². The molecule has 1 aliphatic rings. The van der Waals surface area contributed by atoms with Gasteiger partial charge in [0.1, 0.15) is 18.4 Å². The van der Waals surface area contributed by atoms with Crippen molar-refractivity contribution in [2.45, 2.75) is 51.9 Å². The van der Waals surface area contributed by atoms with Gasteiger partial charge in [0.2, 0.25) is 0 Å². The molecule has 49 heavy (non-hydrogen) atoms. The van der Waals surface area contributed by atoms with E-state index in [4.69, 9.17) is 23.7 Å². The van der Waals surface area contributed by atoms with Crippen LogP contribution in [0.25, 0.3) is 43.8 Å². The zero-order valence-corrected chi connectivity index (χ0v) is 26.9. The molecule has 3 heterocycles. The van der Waals surface area contributed by atoms with E-state index in [1.807, 2.05) is 6.07 Å². The summed E-state index contributed by atoms with van der Waals surface area (Å²) in [6, 6.07) is 18.8. The Bertz CT molecular complexity index is 2230. The smallest absolute Gasteiger partial charge is 0.377 e. The second kappa shape index (κ2) is 12.6. The van der Waals surface area contributed by atoms with E-state index in [9.17, 15) is 19.2 Å². The SMILES string of the molecule is COC(=O)c1nc(-c2cn(Cc3ccc4ccc5cccc6ccc3c4c56)nn2)n([C@@H]2O[C@H](COC(C)=O)[C@@H](OC(C)=O)[C@H]2OC(C)=O)n1. The molecule has 15 nitrogen and oxygen atoms in total. The van der Waals surface area contributed by atoms with Crippen molar-refractivity contribution in [2.24, 2.45) is 0 Å². The Morgan fingerprint density at radius 3 is 2.20 bits per heavy atom. The van der Waals surface area contributed by atoms with Crippen LogP contribution in [0.1, 0.15) is 43.2 Å². The number of hydrogen-bond acceptors (Lipinski definition) is 13. The molecule has 250 valence electrons. The number of carbonyl (C=O) groups excluding carboxylic acids is 4. The highest BCUT2D eigenvalue weighted by atomic mass is 16.7. The van der Waals surface area contributed by atoms with Gasteiger partial charge < -0.3 is 23.7 Å². The summed E-state index contributed by atoms with van der Waals surface area (Å²) in [5, 5.41) is 19.9. The lowest BCUT2D eigenvalue weighted by Gasteiger charge is -2.23. The maximum atomic E-state index is 12.6. The summed E-state index contributed by atoms with van der Waals surface area (Å²) >= 11 is 0. The van der Waals surface area contributed by atoms with Crippen LogP contribution in [-0.2, 0) is 44.6 Å². The highest BCUT2D eigenvalue weighted by Gasteiger charge is 2.52. The molecule has 0 N–H and O–H groups in total. The van der Waals surface area contributed by atoms with Gasteiger partial charge in [0.15, 0.2) is 24.3 Å². The van der Waals surface area contributed by atoms with Crippen LogP contribution in [-0.4, -0.2) is 85.7 Å². The van der Waals surface area contributed by atoms with Crippen molar-refractivity contribution in [1.29, 1.82) is 0 Å². The highest BCUT2D eigenvalue weighted by Crippen LogP contribution is 2.38. The average Bonchev–Trinajstić information content (AvgIpc) is 3.80. The van der Waals surface area contributed by atoms with Gasteiger partial charge in [-0.3, -0.25) is 14.4 Å². The standard InChI is InChI=1S/C34H30N6O9/c1-17(41)46-16-26-29(47-18(2)42)30(48-19(3)43)33(49-26)40-32(35-31(37-40)34(44)45-4)25-15-39(38-36-25)14-23-11-10-22-9-8-20-6-5-7-21-12-13-24(23)28(22)27(20)21/h5-13,15,26,29-30,33H,14,16H2,1-4H3/t26-,29-,30-,33-/m1/s1. The van der Waals surface area contributed by atoms with Crippen molar-refractivity contribution in [3.8, 4) is 11.5 Å². The number of methoxy groups -OCH3 is 1. The third-order valence-corrected chi connectivity index (χ3v) is 8.30. The van der Waals surface area contributed by atoms with E-state index in [2.05, 4.69) is 68.9 Å². The summed E-state index contributed by atoms with van der Waals surface area (Å²) in [5.41, 5.74) is 1.21. The number of aromatic nitrogens is 6. The molecule has 7 rings (SSSR count). The number of esters is 4. The van der Waals surface area contributed by atoms with E-state index in [0.717, 1.165) is 32.5 Å². The van der Waals surface area contributed by atoms with Gasteiger partial charge in [-0.25, -0.2) is 14.2 Å². The normalized spacial score (nSPS) is 19.0. The minimum atomic E-state index is -1.29. The largest absolute Gasteiger partial charge is 0.463 e. The Morgan fingerprint density at radius 2 is 1.51 bits per heavy atom. The van der Waals surface area contributed by atoms with Gasteiger partial charge in [-0.1, -0.05) is 59.8 Å². The highest BCUT2D eigenvalue weighted by molar-refractivity contribution is 6.23. The Labute approximate surface area is 278 Å². The lowest BCUT2D eigenvalue weighted by atomic mass is 9.92. The van der Waals surface area contributed by atoms with Crippen LogP contribution in [0.4, 0.5) is 0 Å². The molecule has 4 aromatic carbocycles. The number of ether oxygens (including phenoxy) is 5. The Morgan fingerprint density at radius 1 is 0.837 bits per heavy atom. The van der Waals surface area contributed by atoms with Crippen molar-refractivity contribution in [3.05, 3.63) is 72.2 Å². The minimum Gasteiger partial charge on any atom is -0.463 e. The quantitative estimate of drug-likeness (QED) is 0.124. The molecule has 0 bridgehead atoms. The molecule has 1 aliphatic heterocycles. The first kappa shape index (κ1) is 31.6. The van der Waals surface area contributed by atoms with Crippen LogP contribution in [0.3, 0.4) is 0 Å². The predicted molar refractivity (Wildman–Crippen MR) is 171 cm³/mol. The van der Waals surface area contributed by atoms with E-state index >= 15 is 0 Å². The lowest BCUT2D eigenvalue weighted by Crippen LogP contribution is -2.40. The fraction of sp³-hybridized carbons (Fsp3) is 0.294. The molecular formula is C34H30N6O9. The lowest BCUT2D eigenvalue weighted by molar-refractivity contribution is -0.166. The van der Waals surface area contributed by atoms with Crippen molar-refractivity contribution < 1.29 is 42.9 Å². The summed E-state index contributed by atoms with van der Waals surface area (Å²) < 4.78 is 30.0. The van der Waals surface area contributed by atoms with Crippen LogP contribution in [0, 0.1) is 0 Å². The number of hydrogen-bond donors (Lipinski definition) is 0. The summed E-state index contributed by atoms with van der Waals surface area (Å²) in [6.07, 6.45) is -3.20.